The van der Waals surface area contributed by atoms with Gasteiger partial charge in [0.25, 0.3) is 0 Å². The predicted molar refractivity (Wildman–Crippen MR) is 212 cm³/mol. The zero-order valence-electron chi connectivity index (χ0n) is 32.8. The molecule has 0 bridgehead atoms. The number of aliphatic hydroxyl groups excluding tert-OH is 1. The first-order valence-electron chi connectivity index (χ1n) is 19.0. The van der Waals surface area contributed by atoms with Crippen LogP contribution in [0, 0.1) is 25.1 Å². The number of benzene rings is 2. The number of carbonyl (C=O) groups is 4. The molecule has 1 aliphatic rings. The molecule has 1 saturated heterocycles. The Morgan fingerprint density at radius 1 is 1.07 bits per heavy atom. The molecule has 1 aliphatic heterocycles. The Morgan fingerprint density at radius 2 is 1.78 bits per heavy atom. The summed E-state index contributed by atoms with van der Waals surface area (Å²) in [5.74, 6) is -1.90. The van der Waals surface area contributed by atoms with Crippen molar-refractivity contribution in [1.29, 1.82) is 0 Å². The number of primary amides is 1. The molecule has 12 nitrogen and oxygen atoms in total. The first-order valence-corrected chi connectivity index (χ1v) is 19.9. The van der Waals surface area contributed by atoms with Crippen LogP contribution in [0.4, 0.5) is 4.39 Å². The third-order valence-corrected chi connectivity index (χ3v) is 10.9. The third kappa shape index (κ3) is 12.3. The molecule has 0 aliphatic carbocycles. The molecule has 1 aromatic heterocycles. The van der Waals surface area contributed by atoms with Crippen molar-refractivity contribution in [2.24, 2.45) is 16.9 Å². The highest BCUT2D eigenvalue weighted by molar-refractivity contribution is 7.13. The van der Waals surface area contributed by atoms with E-state index in [1.165, 1.54) is 4.90 Å². The molecule has 2 aromatic carbocycles. The van der Waals surface area contributed by atoms with Gasteiger partial charge in [0.05, 0.1) is 28.2 Å². The molecule has 0 saturated carbocycles. The highest BCUT2D eigenvalue weighted by Crippen LogP contribution is 2.30. The quantitative estimate of drug-likeness (QED) is 0.111. The second-order valence-electron chi connectivity index (χ2n) is 15.8. The van der Waals surface area contributed by atoms with E-state index in [1.807, 2.05) is 71.3 Å². The Balaban J connectivity index is 1.29. The second kappa shape index (κ2) is 19.5. The number of carbonyl (C=O) groups excluding carboxylic acids is 4. The maximum Gasteiger partial charge on any atom is 0.246 e. The Hall–Kier alpha value is -4.40. The molecule has 7 N–H and O–H groups in total. The van der Waals surface area contributed by atoms with E-state index in [1.54, 1.807) is 23.5 Å². The van der Waals surface area contributed by atoms with Gasteiger partial charge >= 0.3 is 0 Å². The summed E-state index contributed by atoms with van der Waals surface area (Å²) < 4.78 is 20.9. The number of halogens is 1. The lowest BCUT2D eigenvalue weighted by atomic mass is 9.85. The molecule has 0 radical (unpaired) electrons. The minimum atomic E-state index is -0.926. The molecular formula is C41H57FN6O6S. The summed E-state index contributed by atoms with van der Waals surface area (Å²) in [5.41, 5.74) is 16.5. The zero-order chi connectivity index (χ0) is 40.4. The molecule has 4 unspecified atom stereocenters. The van der Waals surface area contributed by atoms with Crippen LogP contribution in [0.2, 0.25) is 0 Å². The lowest BCUT2D eigenvalue weighted by Gasteiger charge is -2.35. The monoisotopic (exact) mass is 780 g/mol. The second-order valence-corrected chi connectivity index (χ2v) is 16.6. The normalized spacial score (nSPS) is 17.4. The van der Waals surface area contributed by atoms with E-state index in [0.717, 1.165) is 27.3 Å². The van der Waals surface area contributed by atoms with Gasteiger partial charge in [-0.2, -0.15) is 0 Å². The largest absolute Gasteiger partial charge is 0.489 e. The van der Waals surface area contributed by atoms with Gasteiger partial charge in [-0.3, -0.25) is 19.2 Å². The highest BCUT2D eigenvalue weighted by atomic mass is 32.1. The standard InChI is InChI=1S/C41H57FN6O6S/c1-24-18-29(36(42)33(19-24)54-22-30(43)16-17-34(44)50)10-8-7-9-11-35(51)47-38(41(4,5)6)40(53)48-21-31(49)20-32(48)39(52)46-25(2)27-12-14-28(15-13-27)37-26(3)45-23-55-37/h12-15,18-19,23,25,30-32,38,49H,7-11,16-17,20-22,43H2,1-6H3,(H2,44,50)(H,46,52)(H,47,51)/t25?,30?,31?,32-,38?/m0/s1. The molecule has 2 heterocycles. The average Bonchev–Trinajstić information content (AvgIpc) is 3.74. The molecule has 0 spiro atoms. The van der Waals surface area contributed by atoms with Gasteiger partial charge in [0.15, 0.2) is 11.6 Å². The smallest absolute Gasteiger partial charge is 0.246 e. The fourth-order valence-electron chi connectivity index (χ4n) is 6.73. The van der Waals surface area contributed by atoms with Crippen LogP contribution in [0.5, 0.6) is 5.75 Å². The number of aliphatic hydroxyl groups is 1. The van der Waals surface area contributed by atoms with Crippen LogP contribution in [-0.2, 0) is 25.6 Å². The van der Waals surface area contributed by atoms with E-state index >= 15 is 4.39 Å². The van der Waals surface area contributed by atoms with Crippen LogP contribution >= 0.6 is 11.3 Å². The molecular weight excluding hydrogens is 724 g/mol. The van der Waals surface area contributed by atoms with Gasteiger partial charge in [0.1, 0.15) is 18.7 Å². The van der Waals surface area contributed by atoms with Crippen molar-refractivity contribution < 1.29 is 33.4 Å². The number of thiazole rings is 1. The first-order chi connectivity index (χ1) is 25.9. The van der Waals surface area contributed by atoms with Crippen molar-refractivity contribution in [3.05, 3.63) is 70.1 Å². The minimum absolute atomic E-state index is 0.0129. The lowest BCUT2D eigenvalue weighted by Crippen LogP contribution is -2.57. The molecule has 1 fully saturated rings. The predicted octanol–water partition coefficient (Wildman–Crippen LogP) is 5.01. The van der Waals surface area contributed by atoms with Gasteiger partial charge in [-0.1, -0.05) is 57.5 Å². The molecule has 4 rings (SSSR count). The van der Waals surface area contributed by atoms with Crippen LogP contribution in [0.25, 0.3) is 10.4 Å². The maximum absolute atomic E-state index is 15.2. The number of hydrogen-bond acceptors (Lipinski definition) is 9. The number of likely N-dealkylation sites (tertiary alicyclic amines) is 1. The van der Waals surface area contributed by atoms with Crippen LogP contribution in [0.1, 0.15) is 101 Å². The van der Waals surface area contributed by atoms with E-state index in [4.69, 9.17) is 16.2 Å². The molecule has 14 heteroatoms. The summed E-state index contributed by atoms with van der Waals surface area (Å²) in [6.45, 7) is 11.3. The Morgan fingerprint density at radius 3 is 2.42 bits per heavy atom. The summed E-state index contributed by atoms with van der Waals surface area (Å²) in [4.78, 5) is 58.6. The number of unbranched alkanes of at least 4 members (excludes halogenated alkanes) is 2. The fourth-order valence-corrected chi connectivity index (χ4v) is 7.54. The number of amides is 4. The fraction of sp³-hybridized carbons (Fsp3) is 0.537. The SMILES string of the molecule is Cc1cc(CCCCCC(=O)NC(C(=O)N2CC(O)C[C@H]2C(=O)NC(C)c2ccc(-c3scnc3C)cc2)C(C)(C)C)c(F)c(OCC(N)CCC(N)=O)c1. The average molecular weight is 781 g/mol. The lowest BCUT2D eigenvalue weighted by molar-refractivity contribution is -0.144. The highest BCUT2D eigenvalue weighted by Gasteiger charge is 2.44. The number of aromatic nitrogens is 1. The van der Waals surface area contributed by atoms with Gasteiger partial charge in [-0.25, -0.2) is 9.37 Å². The van der Waals surface area contributed by atoms with Crippen LogP contribution < -0.4 is 26.8 Å². The molecule has 3 aromatic rings. The van der Waals surface area contributed by atoms with Gasteiger partial charge < -0.3 is 36.8 Å². The Kier molecular flexibility index (Phi) is 15.3. The summed E-state index contributed by atoms with van der Waals surface area (Å²) in [6.07, 6.45) is 2.11. The number of nitrogens with zero attached hydrogens (tertiary/aromatic N) is 2. The molecule has 4 amide bonds. The maximum atomic E-state index is 15.2. The van der Waals surface area contributed by atoms with Crippen molar-refractivity contribution in [1.82, 2.24) is 20.5 Å². The van der Waals surface area contributed by atoms with Crippen LogP contribution in [0.3, 0.4) is 0 Å². The number of ether oxygens (including phenoxy) is 1. The van der Waals surface area contributed by atoms with Gasteiger partial charge in [-0.15, -0.1) is 11.3 Å². The summed E-state index contributed by atoms with van der Waals surface area (Å²) >= 11 is 1.57. The van der Waals surface area contributed by atoms with Crippen molar-refractivity contribution in [2.75, 3.05) is 13.2 Å². The van der Waals surface area contributed by atoms with E-state index in [2.05, 4.69) is 15.6 Å². The van der Waals surface area contributed by atoms with E-state index in [9.17, 15) is 24.3 Å². The zero-order valence-corrected chi connectivity index (χ0v) is 33.6. The first kappa shape index (κ1) is 43.3. The Labute approximate surface area is 327 Å². The number of nitrogens with one attached hydrogen (secondary N) is 2. The van der Waals surface area contributed by atoms with E-state index in [0.29, 0.717) is 37.7 Å². The van der Waals surface area contributed by atoms with Crippen LogP contribution in [-0.4, -0.2) is 76.0 Å². The number of hydrogen-bond donors (Lipinski definition) is 5. The number of β-amino-alcohol motifs (C(OH)–C–C–N with tert-alkyl or cyclic N) is 1. The number of aryl methyl sites for hydroxylation is 3. The summed E-state index contributed by atoms with van der Waals surface area (Å²) in [6, 6.07) is 8.67. The van der Waals surface area contributed by atoms with Crippen molar-refractivity contribution >= 4 is 35.0 Å². The minimum Gasteiger partial charge on any atom is -0.489 e. The summed E-state index contributed by atoms with van der Waals surface area (Å²) in [5, 5.41) is 16.5. The topological polar surface area (TPSA) is 190 Å². The van der Waals surface area contributed by atoms with Crippen molar-refractivity contribution in [3.8, 4) is 16.2 Å². The third-order valence-electron chi connectivity index (χ3n) is 9.88. The van der Waals surface area contributed by atoms with Crippen molar-refractivity contribution in [3.63, 3.8) is 0 Å². The van der Waals surface area contributed by atoms with Gasteiger partial charge in [0.2, 0.25) is 23.6 Å². The van der Waals surface area contributed by atoms with Crippen molar-refractivity contribution in [2.45, 2.75) is 123 Å². The number of rotatable bonds is 18. The van der Waals surface area contributed by atoms with Gasteiger partial charge in [-0.05, 0) is 80.2 Å². The molecule has 5 atom stereocenters. The summed E-state index contributed by atoms with van der Waals surface area (Å²) in [7, 11) is 0. The van der Waals surface area contributed by atoms with E-state index < -0.39 is 47.3 Å². The van der Waals surface area contributed by atoms with Crippen LogP contribution in [0.15, 0.2) is 41.9 Å². The van der Waals surface area contributed by atoms with E-state index in [-0.39, 0.29) is 56.0 Å². The molecule has 300 valence electrons. The number of nitrogens with two attached hydrogens (primary N) is 2. The van der Waals surface area contributed by atoms with Gasteiger partial charge in [0, 0.05) is 31.8 Å². The molecule has 55 heavy (non-hydrogen) atoms. The Bertz CT molecular complexity index is 1790.